The van der Waals surface area contributed by atoms with Gasteiger partial charge in [0.05, 0.1) is 22.6 Å². The fourth-order valence-corrected chi connectivity index (χ4v) is 3.52. The molecule has 1 fully saturated rings. The molecule has 1 aromatic carbocycles. The fourth-order valence-electron chi connectivity index (χ4n) is 3.52. The van der Waals surface area contributed by atoms with Crippen LogP contribution in [-0.4, -0.2) is 52.2 Å². The van der Waals surface area contributed by atoms with Crippen LogP contribution in [0.3, 0.4) is 0 Å². The summed E-state index contributed by atoms with van der Waals surface area (Å²) in [5.74, 6) is -0.894. The maximum Gasteiger partial charge on any atom is 0.416 e. The van der Waals surface area contributed by atoms with Crippen molar-refractivity contribution < 1.29 is 22.4 Å². The Balaban J connectivity index is 1.52. The van der Waals surface area contributed by atoms with E-state index in [9.17, 15) is 18.0 Å². The molecular weight excluding hydrogens is 425 g/mol. The third-order valence-electron chi connectivity index (χ3n) is 5.12. The van der Waals surface area contributed by atoms with Crippen LogP contribution in [0.4, 0.5) is 24.5 Å². The summed E-state index contributed by atoms with van der Waals surface area (Å²) in [6.45, 7) is 4.79. The third kappa shape index (κ3) is 5.05. The molecule has 0 saturated carbocycles. The Labute approximate surface area is 182 Å². The number of nitrogens with zero attached hydrogens (tertiary/aromatic N) is 5. The number of nitrogens with one attached hydrogen (secondary N) is 1. The zero-order valence-corrected chi connectivity index (χ0v) is 17.3. The van der Waals surface area contributed by atoms with E-state index in [-0.39, 0.29) is 17.5 Å². The molecule has 0 radical (unpaired) electrons. The van der Waals surface area contributed by atoms with Gasteiger partial charge in [0.15, 0.2) is 0 Å². The molecule has 3 heterocycles. The number of carbonyl (C=O) groups excluding carboxylic acids is 1. The van der Waals surface area contributed by atoms with E-state index >= 15 is 0 Å². The molecule has 168 valence electrons. The molecule has 1 aliphatic heterocycles. The van der Waals surface area contributed by atoms with Crippen molar-refractivity contribution in [2.45, 2.75) is 19.6 Å². The van der Waals surface area contributed by atoms with Crippen LogP contribution in [-0.2, 0) is 12.7 Å². The fraction of sp³-hybridized carbons (Fsp3) is 0.333. The molecule has 1 N–H and O–H groups in total. The van der Waals surface area contributed by atoms with Crippen LogP contribution in [0, 0.1) is 6.92 Å². The molecular formula is C21H21F3N6O2. The van der Waals surface area contributed by atoms with E-state index in [1.54, 1.807) is 6.20 Å². The van der Waals surface area contributed by atoms with Crippen LogP contribution in [0.5, 0.6) is 0 Å². The minimum atomic E-state index is -4.54. The number of aryl methyl sites for hydroxylation is 1. The van der Waals surface area contributed by atoms with Crippen LogP contribution in [0.15, 0.2) is 47.0 Å². The second-order valence-corrected chi connectivity index (χ2v) is 7.39. The Morgan fingerprint density at radius 3 is 2.53 bits per heavy atom. The quantitative estimate of drug-likeness (QED) is 0.643. The highest BCUT2D eigenvalue weighted by Gasteiger charge is 2.32. The molecule has 1 amide bonds. The van der Waals surface area contributed by atoms with Gasteiger partial charge in [-0.25, -0.2) is 0 Å². The number of piperazine rings is 1. The monoisotopic (exact) mass is 446 g/mol. The summed E-state index contributed by atoms with van der Waals surface area (Å²) in [6.07, 6.45) is -2.80. The molecule has 0 bridgehead atoms. The van der Waals surface area contributed by atoms with E-state index in [0.717, 1.165) is 17.8 Å². The molecule has 2 aromatic heterocycles. The number of rotatable bonds is 5. The molecule has 0 atom stereocenters. The summed E-state index contributed by atoms with van der Waals surface area (Å²) in [7, 11) is 0. The van der Waals surface area contributed by atoms with Gasteiger partial charge in [-0.05, 0) is 30.3 Å². The molecule has 32 heavy (non-hydrogen) atoms. The summed E-state index contributed by atoms with van der Waals surface area (Å²) in [4.78, 5) is 21.0. The highest BCUT2D eigenvalue weighted by Crippen LogP contribution is 2.36. The van der Waals surface area contributed by atoms with Gasteiger partial charge < -0.3 is 14.6 Å². The van der Waals surface area contributed by atoms with Crippen LogP contribution < -0.4 is 10.2 Å². The first kappa shape index (κ1) is 21.8. The number of benzene rings is 1. The number of hydrogen-bond acceptors (Lipinski definition) is 7. The van der Waals surface area contributed by atoms with Crippen molar-refractivity contribution in [3.63, 3.8) is 0 Å². The molecule has 0 spiro atoms. The van der Waals surface area contributed by atoms with Crippen LogP contribution in [0.1, 0.15) is 27.8 Å². The highest BCUT2D eigenvalue weighted by molar-refractivity contribution is 6.03. The first-order chi connectivity index (χ1) is 15.3. The van der Waals surface area contributed by atoms with Gasteiger partial charge >= 0.3 is 18.0 Å². The Hall–Kier alpha value is -3.47. The Morgan fingerprint density at radius 1 is 1.12 bits per heavy atom. The summed E-state index contributed by atoms with van der Waals surface area (Å²) in [5, 5.41) is 9.71. The average molecular weight is 446 g/mol. The first-order valence-electron chi connectivity index (χ1n) is 9.99. The predicted molar refractivity (Wildman–Crippen MR) is 110 cm³/mol. The zero-order valence-electron chi connectivity index (χ0n) is 17.3. The highest BCUT2D eigenvalue weighted by atomic mass is 19.4. The minimum absolute atomic E-state index is 0.0406. The Kier molecular flexibility index (Phi) is 6.08. The van der Waals surface area contributed by atoms with Crippen molar-refractivity contribution in [1.82, 2.24) is 20.1 Å². The van der Waals surface area contributed by atoms with E-state index in [0.29, 0.717) is 38.4 Å². The number of pyridine rings is 1. The Morgan fingerprint density at radius 2 is 1.91 bits per heavy atom. The second kappa shape index (κ2) is 8.95. The van der Waals surface area contributed by atoms with E-state index in [1.165, 1.54) is 13.0 Å². The van der Waals surface area contributed by atoms with Crippen molar-refractivity contribution in [1.29, 1.82) is 0 Å². The van der Waals surface area contributed by atoms with E-state index in [1.807, 2.05) is 23.1 Å². The third-order valence-corrected chi connectivity index (χ3v) is 5.12. The van der Waals surface area contributed by atoms with Gasteiger partial charge in [-0.15, -0.1) is 10.2 Å². The van der Waals surface area contributed by atoms with Gasteiger partial charge in [0, 0.05) is 45.8 Å². The number of amides is 1. The van der Waals surface area contributed by atoms with E-state index in [4.69, 9.17) is 4.42 Å². The molecule has 0 unspecified atom stereocenters. The summed E-state index contributed by atoms with van der Waals surface area (Å²) >= 11 is 0. The zero-order chi connectivity index (χ0) is 22.7. The standard InChI is InChI=1S/C21H21F3N6O2/c1-14-27-28-20(32-14)19(31)26-17-12-15(21(22,23)24)5-6-18(17)30-10-8-29(9-11-30)13-16-4-2-3-7-25-16/h2-7,12H,8-11,13H2,1H3,(H,26,31). The number of halogens is 3. The summed E-state index contributed by atoms with van der Waals surface area (Å²) in [5.41, 5.74) is 0.643. The maximum atomic E-state index is 13.3. The summed E-state index contributed by atoms with van der Waals surface area (Å²) in [6, 6.07) is 9.07. The van der Waals surface area contributed by atoms with Crippen molar-refractivity contribution in [2.24, 2.45) is 0 Å². The number of alkyl halides is 3. The van der Waals surface area contributed by atoms with Crippen LogP contribution in [0.25, 0.3) is 0 Å². The number of carbonyl (C=O) groups is 1. The molecule has 11 heteroatoms. The lowest BCUT2D eigenvalue weighted by molar-refractivity contribution is -0.137. The molecule has 0 aliphatic carbocycles. The molecule has 1 saturated heterocycles. The second-order valence-electron chi connectivity index (χ2n) is 7.39. The SMILES string of the molecule is Cc1nnc(C(=O)Nc2cc(C(F)(F)F)ccc2N2CCN(Cc3ccccn3)CC2)o1. The van der Waals surface area contributed by atoms with Gasteiger partial charge in [0.2, 0.25) is 5.89 Å². The summed E-state index contributed by atoms with van der Waals surface area (Å²) < 4.78 is 44.9. The van der Waals surface area contributed by atoms with Crippen LogP contribution >= 0.6 is 0 Å². The molecule has 3 aromatic rings. The normalized spacial score (nSPS) is 15.1. The smallest absolute Gasteiger partial charge is 0.416 e. The van der Waals surface area contributed by atoms with E-state index < -0.39 is 17.6 Å². The van der Waals surface area contributed by atoms with Gasteiger partial charge in [-0.1, -0.05) is 6.07 Å². The molecule has 8 nitrogen and oxygen atoms in total. The lowest BCUT2D eigenvalue weighted by Gasteiger charge is -2.37. The van der Waals surface area contributed by atoms with Crippen molar-refractivity contribution in [2.75, 3.05) is 36.4 Å². The van der Waals surface area contributed by atoms with Gasteiger partial charge in [0.25, 0.3) is 0 Å². The van der Waals surface area contributed by atoms with Crippen LogP contribution in [0.2, 0.25) is 0 Å². The number of anilines is 2. The average Bonchev–Trinajstić information content (AvgIpc) is 3.21. The van der Waals surface area contributed by atoms with Gasteiger partial charge in [0.1, 0.15) is 0 Å². The topological polar surface area (TPSA) is 87.4 Å². The Bertz CT molecular complexity index is 1080. The lowest BCUT2D eigenvalue weighted by Crippen LogP contribution is -2.46. The van der Waals surface area contributed by atoms with Crippen molar-refractivity contribution in [3.05, 3.63) is 65.6 Å². The van der Waals surface area contributed by atoms with E-state index in [2.05, 4.69) is 25.4 Å². The largest absolute Gasteiger partial charge is 0.417 e. The lowest BCUT2D eigenvalue weighted by atomic mass is 10.1. The maximum absolute atomic E-state index is 13.3. The number of hydrogen-bond donors (Lipinski definition) is 1. The first-order valence-corrected chi connectivity index (χ1v) is 9.99. The van der Waals surface area contributed by atoms with Gasteiger partial charge in [-0.2, -0.15) is 13.2 Å². The predicted octanol–water partition coefficient (Wildman–Crippen LogP) is 3.37. The van der Waals surface area contributed by atoms with Crippen molar-refractivity contribution in [3.8, 4) is 0 Å². The van der Waals surface area contributed by atoms with Crippen molar-refractivity contribution >= 4 is 17.3 Å². The molecule has 1 aliphatic rings. The molecule has 4 rings (SSSR count). The van der Waals surface area contributed by atoms with Gasteiger partial charge in [-0.3, -0.25) is 14.7 Å². The minimum Gasteiger partial charge on any atom is -0.417 e. The number of aromatic nitrogens is 3.